The molecular weight excluding hydrogens is 408 g/mol. The average molecular weight is 439 g/mol. The lowest BCUT2D eigenvalue weighted by atomic mass is 9.89. The summed E-state index contributed by atoms with van der Waals surface area (Å²) in [4.78, 5) is 17.9. The number of anilines is 1. The molecule has 1 amide bonds. The normalized spacial score (nSPS) is 24.0. The highest BCUT2D eigenvalue weighted by Crippen LogP contribution is 2.33. The van der Waals surface area contributed by atoms with Crippen LogP contribution in [0, 0.1) is 5.92 Å². The van der Waals surface area contributed by atoms with Crippen molar-refractivity contribution in [1.29, 1.82) is 0 Å². The second-order valence-electron chi connectivity index (χ2n) is 9.05. The van der Waals surface area contributed by atoms with E-state index < -0.39 is 0 Å². The Labute approximate surface area is 187 Å². The topological polar surface area (TPSA) is 68.0 Å². The first-order chi connectivity index (χ1) is 15.2. The van der Waals surface area contributed by atoms with Crippen LogP contribution in [0.1, 0.15) is 64.7 Å². The summed E-state index contributed by atoms with van der Waals surface area (Å²) in [7, 11) is 0. The number of hydrogen-bond donors (Lipinski definition) is 1. The van der Waals surface area contributed by atoms with E-state index in [-0.39, 0.29) is 12.5 Å². The Bertz CT molecular complexity index is 1060. The van der Waals surface area contributed by atoms with E-state index in [1.54, 1.807) is 11.3 Å². The maximum Gasteiger partial charge on any atom is 0.262 e. The van der Waals surface area contributed by atoms with Crippen LogP contribution in [0.25, 0.3) is 11.3 Å². The summed E-state index contributed by atoms with van der Waals surface area (Å²) in [6.07, 6.45) is 10.8. The standard InChI is InChI=1S/C24H30N4O2S/c1-16-6-5-9-19(12-16)27-28-21(15-31-24(28)25-18-7-3-2-4-8-18)17-10-11-22-20(13-17)26-23(29)14-30-22/h10-11,13,15-16,18H,2-9,12,14H2,1H3,(H,26,29). The number of thiazole rings is 1. The Kier molecular flexibility index (Phi) is 5.94. The zero-order valence-corrected chi connectivity index (χ0v) is 18.9. The SMILES string of the molecule is CC1CCCC(=Nn2c(-c3ccc4c(c3)NC(=O)CO4)csc2=NC2CCCCC2)C1. The van der Waals surface area contributed by atoms with Crippen LogP contribution in [-0.2, 0) is 4.79 Å². The van der Waals surface area contributed by atoms with E-state index in [1.165, 1.54) is 50.7 Å². The number of carbonyl (C=O) groups is 1. The van der Waals surface area contributed by atoms with Crippen molar-refractivity contribution >= 4 is 28.6 Å². The van der Waals surface area contributed by atoms with Crippen LogP contribution in [0.3, 0.4) is 0 Å². The molecule has 0 saturated heterocycles. The van der Waals surface area contributed by atoms with Crippen LogP contribution < -0.4 is 14.9 Å². The molecule has 6 nitrogen and oxygen atoms in total. The number of ether oxygens (including phenoxy) is 1. The second-order valence-corrected chi connectivity index (χ2v) is 9.89. The van der Waals surface area contributed by atoms with Crippen LogP contribution in [0.4, 0.5) is 5.69 Å². The van der Waals surface area contributed by atoms with Gasteiger partial charge in [0.05, 0.1) is 17.4 Å². The molecule has 2 saturated carbocycles. The third kappa shape index (κ3) is 4.61. The fourth-order valence-electron chi connectivity index (χ4n) is 4.79. The van der Waals surface area contributed by atoms with E-state index >= 15 is 0 Å². The van der Waals surface area contributed by atoms with Crippen molar-refractivity contribution < 1.29 is 9.53 Å². The molecule has 2 fully saturated rings. The van der Waals surface area contributed by atoms with Gasteiger partial charge in [0.1, 0.15) is 5.75 Å². The van der Waals surface area contributed by atoms with Gasteiger partial charge in [0, 0.05) is 16.7 Å². The molecule has 7 heteroatoms. The first kappa shape index (κ1) is 20.5. The molecule has 0 spiro atoms. The second kappa shape index (κ2) is 8.99. The smallest absolute Gasteiger partial charge is 0.262 e. The molecule has 164 valence electrons. The molecule has 1 aromatic carbocycles. The van der Waals surface area contributed by atoms with Crippen LogP contribution in [0.2, 0.25) is 0 Å². The number of rotatable bonds is 3. The van der Waals surface area contributed by atoms with Crippen LogP contribution in [-0.4, -0.2) is 28.9 Å². The van der Waals surface area contributed by atoms with E-state index in [9.17, 15) is 4.79 Å². The van der Waals surface area contributed by atoms with Crippen molar-refractivity contribution in [2.24, 2.45) is 16.0 Å². The minimum absolute atomic E-state index is 0.0705. The van der Waals surface area contributed by atoms with Gasteiger partial charge in [0.2, 0.25) is 4.80 Å². The summed E-state index contributed by atoms with van der Waals surface area (Å²) in [6.45, 7) is 2.38. The summed E-state index contributed by atoms with van der Waals surface area (Å²) in [6, 6.07) is 6.36. The average Bonchev–Trinajstić information content (AvgIpc) is 3.16. The van der Waals surface area contributed by atoms with Gasteiger partial charge in [0.15, 0.2) is 6.61 Å². The highest BCUT2D eigenvalue weighted by molar-refractivity contribution is 7.07. The summed E-state index contributed by atoms with van der Waals surface area (Å²) >= 11 is 1.66. The summed E-state index contributed by atoms with van der Waals surface area (Å²) in [5.74, 6) is 1.28. The molecule has 5 rings (SSSR count). The van der Waals surface area contributed by atoms with E-state index in [2.05, 4.69) is 22.3 Å². The van der Waals surface area contributed by atoms with Crippen molar-refractivity contribution in [3.63, 3.8) is 0 Å². The van der Waals surface area contributed by atoms with Crippen molar-refractivity contribution in [3.8, 4) is 17.0 Å². The molecule has 2 aromatic rings. The molecule has 1 unspecified atom stereocenters. The third-order valence-corrected chi connectivity index (χ3v) is 7.28. The summed E-state index contributed by atoms with van der Waals surface area (Å²) in [5, 5.41) is 10.2. The number of carbonyl (C=O) groups excluding carboxylic acids is 1. The van der Waals surface area contributed by atoms with Crippen molar-refractivity contribution in [3.05, 3.63) is 28.4 Å². The van der Waals surface area contributed by atoms with Crippen molar-refractivity contribution in [1.82, 2.24) is 4.68 Å². The molecule has 1 aromatic heterocycles. The molecule has 0 bridgehead atoms. The minimum Gasteiger partial charge on any atom is -0.482 e. The van der Waals surface area contributed by atoms with Crippen molar-refractivity contribution in [2.75, 3.05) is 11.9 Å². The number of hydrogen-bond acceptors (Lipinski definition) is 5. The molecule has 31 heavy (non-hydrogen) atoms. The molecule has 3 aliphatic rings. The lowest BCUT2D eigenvalue weighted by Crippen LogP contribution is -2.25. The molecule has 1 atom stereocenters. The highest BCUT2D eigenvalue weighted by atomic mass is 32.1. The number of fused-ring (bicyclic) bond motifs is 1. The zero-order chi connectivity index (χ0) is 21.2. The number of nitrogens with one attached hydrogen (secondary N) is 1. The molecular formula is C24H30N4O2S. The van der Waals surface area contributed by atoms with Crippen LogP contribution in [0.5, 0.6) is 5.75 Å². The molecule has 2 aliphatic carbocycles. The van der Waals surface area contributed by atoms with Gasteiger partial charge in [-0.2, -0.15) is 5.10 Å². The van der Waals surface area contributed by atoms with Gasteiger partial charge in [-0.3, -0.25) is 9.79 Å². The zero-order valence-electron chi connectivity index (χ0n) is 18.1. The Morgan fingerprint density at radius 3 is 2.87 bits per heavy atom. The maximum absolute atomic E-state index is 11.8. The first-order valence-corrected chi connectivity index (χ1v) is 12.4. The van der Waals surface area contributed by atoms with E-state index in [1.807, 2.05) is 18.2 Å². The Hall–Kier alpha value is -2.41. The van der Waals surface area contributed by atoms with Gasteiger partial charge in [0.25, 0.3) is 5.91 Å². The lowest BCUT2D eigenvalue weighted by molar-refractivity contribution is -0.118. The van der Waals surface area contributed by atoms with Crippen LogP contribution in [0.15, 0.2) is 33.7 Å². The predicted molar refractivity (Wildman–Crippen MR) is 125 cm³/mol. The first-order valence-electron chi connectivity index (χ1n) is 11.5. The number of aromatic nitrogens is 1. The monoisotopic (exact) mass is 438 g/mol. The van der Waals surface area contributed by atoms with E-state index in [0.29, 0.717) is 17.7 Å². The fourth-order valence-corrected chi connectivity index (χ4v) is 5.69. The Morgan fingerprint density at radius 1 is 1.16 bits per heavy atom. The molecule has 0 radical (unpaired) electrons. The molecule has 2 heterocycles. The van der Waals surface area contributed by atoms with Crippen LogP contribution >= 0.6 is 11.3 Å². The van der Waals surface area contributed by atoms with Gasteiger partial charge in [-0.15, -0.1) is 11.3 Å². The van der Waals surface area contributed by atoms with E-state index in [4.69, 9.17) is 14.8 Å². The quantitative estimate of drug-likeness (QED) is 0.716. The van der Waals surface area contributed by atoms with Gasteiger partial charge in [-0.1, -0.05) is 26.2 Å². The van der Waals surface area contributed by atoms with Gasteiger partial charge < -0.3 is 10.1 Å². The van der Waals surface area contributed by atoms with E-state index in [0.717, 1.165) is 34.6 Å². The third-order valence-electron chi connectivity index (χ3n) is 6.45. The predicted octanol–water partition coefficient (Wildman–Crippen LogP) is 5.20. The maximum atomic E-state index is 11.8. The van der Waals surface area contributed by atoms with Gasteiger partial charge in [-0.25, -0.2) is 4.68 Å². The van der Waals surface area contributed by atoms with Gasteiger partial charge in [-0.05, 0) is 62.6 Å². The largest absolute Gasteiger partial charge is 0.482 e. The minimum atomic E-state index is -0.118. The summed E-state index contributed by atoms with van der Waals surface area (Å²) < 4.78 is 7.59. The number of benzene rings is 1. The Balaban J connectivity index is 1.57. The van der Waals surface area contributed by atoms with Gasteiger partial charge >= 0.3 is 0 Å². The Morgan fingerprint density at radius 2 is 2.03 bits per heavy atom. The number of nitrogens with zero attached hydrogens (tertiary/aromatic N) is 3. The number of amides is 1. The highest BCUT2D eigenvalue weighted by Gasteiger charge is 2.20. The molecule has 1 aliphatic heterocycles. The summed E-state index contributed by atoms with van der Waals surface area (Å²) in [5.41, 5.74) is 4.02. The molecule has 1 N–H and O–H groups in total. The lowest BCUT2D eigenvalue weighted by Gasteiger charge is -2.20. The fraction of sp³-hybridized carbons (Fsp3) is 0.542. The van der Waals surface area contributed by atoms with Crippen molar-refractivity contribution in [2.45, 2.75) is 70.8 Å².